The van der Waals surface area contributed by atoms with Crippen LogP contribution in [0.2, 0.25) is 0 Å². The van der Waals surface area contributed by atoms with Crippen molar-refractivity contribution in [3.63, 3.8) is 0 Å². The molecule has 0 aromatic heterocycles. The summed E-state index contributed by atoms with van der Waals surface area (Å²) in [5, 5.41) is 0. The Balaban J connectivity index is 0.00000400. The van der Waals surface area contributed by atoms with Crippen molar-refractivity contribution in [1.29, 1.82) is 0 Å². The third-order valence-corrected chi connectivity index (χ3v) is 2.70. The molecule has 120 valence electrons. The number of carbonyl (C=O) groups excluding carboxylic acids is 1. The first-order valence-electron chi connectivity index (χ1n) is 6.42. The summed E-state index contributed by atoms with van der Waals surface area (Å²) in [6, 6.07) is 3.67. The number of rotatable bonds is 7. The third-order valence-electron chi connectivity index (χ3n) is 2.70. The van der Waals surface area contributed by atoms with Gasteiger partial charge in [-0.2, -0.15) is 0 Å². The maximum atomic E-state index is 13.9. The number of hydrogen-bond acceptors (Lipinski definition) is 5. The van der Waals surface area contributed by atoms with Gasteiger partial charge in [-0.25, -0.2) is 9.18 Å². The molecule has 0 aliphatic carbocycles. The Hall–Kier alpha value is -1.53. The van der Waals surface area contributed by atoms with E-state index in [1.165, 1.54) is 7.11 Å². The Bertz CT molecular complexity index is 459. The van der Waals surface area contributed by atoms with Crippen LogP contribution < -0.4 is 15.2 Å². The van der Waals surface area contributed by atoms with Crippen LogP contribution in [-0.2, 0) is 9.53 Å². The number of carbonyl (C=O) groups is 1. The monoisotopic (exact) mass is 321 g/mol. The Morgan fingerprint density at radius 1 is 1.29 bits per heavy atom. The standard InChI is InChI=1S/C14H20FNO4.ClH/c1-4-19-11-8-9(6-7-10(11)18-3)13(16)12(15)14(17)20-5-2;/h6-8,12-13H,4-5,16H2,1-3H3;1H/t12?,13-;/m1./s1. The first-order valence-corrected chi connectivity index (χ1v) is 6.42. The second-order valence-electron chi connectivity index (χ2n) is 4.02. The fourth-order valence-corrected chi connectivity index (χ4v) is 1.71. The van der Waals surface area contributed by atoms with Gasteiger partial charge in [-0.3, -0.25) is 0 Å². The van der Waals surface area contributed by atoms with Gasteiger partial charge < -0.3 is 19.9 Å². The zero-order valence-corrected chi connectivity index (χ0v) is 13.1. The van der Waals surface area contributed by atoms with Crippen LogP contribution >= 0.6 is 12.4 Å². The minimum Gasteiger partial charge on any atom is -0.493 e. The molecule has 1 aromatic rings. The van der Waals surface area contributed by atoms with E-state index in [-0.39, 0.29) is 19.0 Å². The SMILES string of the molecule is CCOC(=O)C(F)[C@H](N)c1ccc(OC)c(OCC)c1.Cl. The van der Waals surface area contributed by atoms with Gasteiger partial charge in [0, 0.05) is 0 Å². The average Bonchev–Trinajstić information content (AvgIpc) is 2.46. The fourth-order valence-electron chi connectivity index (χ4n) is 1.71. The Labute approximate surface area is 130 Å². The smallest absolute Gasteiger partial charge is 0.342 e. The van der Waals surface area contributed by atoms with Crippen molar-refractivity contribution in [3.8, 4) is 11.5 Å². The van der Waals surface area contributed by atoms with Gasteiger partial charge in [-0.05, 0) is 31.5 Å². The molecule has 21 heavy (non-hydrogen) atoms. The number of benzene rings is 1. The molecular weight excluding hydrogens is 301 g/mol. The quantitative estimate of drug-likeness (QED) is 0.781. The van der Waals surface area contributed by atoms with Crippen molar-refractivity contribution < 1.29 is 23.4 Å². The second-order valence-corrected chi connectivity index (χ2v) is 4.02. The molecule has 7 heteroatoms. The minimum absolute atomic E-state index is 0. The summed E-state index contributed by atoms with van der Waals surface area (Å²) in [4.78, 5) is 11.4. The zero-order chi connectivity index (χ0) is 15.1. The van der Waals surface area contributed by atoms with Crippen molar-refractivity contribution >= 4 is 18.4 Å². The van der Waals surface area contributed by atoms with Gasteiger partial charge in [0.15, 0.2) is 11.5 Å². The average molecular weight is 322 g/mol. The van der Waals surface area contributed by atoms with Crippen molar-refractivity contribution in [2.45, 2.75) is 26.1 Å². The molecule has 5 nitrogen and oxygen atoms in total. The lowest BCUT2D eigenvalue weighted by Crippen LogP contribution is -2.31. The van der Waals surface area contributed by atoms with Gasteiger partial charge >= 0.3 is 5.97 Å². The van der Waals surface area contributed by atoms with E-state index < -0.39 is 18.2 Å². The predicted octanol–water partition coefficient (Wildman–Crippen LogP) is 2.42. The molecule has 0 bridgehead atoms. The third kappa shape index (κ3) is 5.06. The Morgan fingerprint density at radius 2 is 1.95 bits per heavy atom. The molecule has 0 saturated carbocycles. The van der Waals surface area contributed by atoms with Gasteiger partial charge in [-0.1, -0.05) is 6.07 Å². The van der Waals surface area contributed by atoms with Gasteiger partial charge in [0.25, 0.3) is 0 Å². The van der Waals surface area contributed by atoms with Crippen molar-refractivity contribution in [2.75, 3.05) is 20.3 Å². The fraction of sp³-hybridized carbons (Fsp3) is 0.500. The number of nitrogens with two attached hydrogens (primary N) is 1. The zero-order valence-electron chi connectivity index (χ0n) is 12.3. The number of halogens is 2. The van der Waals surface area contributed by atoms with Crippen LogP contribution in [0, 0.1) is 0 Å². The van der Waals surface area contributed by atoms with Crippen molar-refractivity contribution in [1.82, 2.24) is 0 Å². The number of esters is 1. The lowest BCUT2D eigenvalue weighted by atomic mass is 10.0. The molecule has 1 rings (SSSR count). The van der Waals surface area contributed by atoms with Crippen LogP contribution in [0.1, 0.15) is 25.5 Å². The van der Waals surface area contributed by atoms with Crippen LogP contribution in [0.5, 0.6) is 11.5 Å². The maximum Gasteiger partial charge on any atom is 0.342 e. The highest BCUT2D eigenvalue weighted by Gasteiger charge is 2.28. The van der Waals surface area contributed by atoms with Crippen molar-refractivity contribution in [2.24, 2.45) is 5.73 Å². The van der Waals surface area contributed by atoms with Crippen LogP contribution in [0.25, 0.3) is 0 Å². The van der Waals surface area contributed by atoms with E-state index in [0.717, 1.165) is 0 Å². The molecule has 0 radical (unpaired) electrons. The largest absolute Gasteiger partial charge is 0.493 e. The van der Waals surface area contributed by atoms with Gasteiger partial charge in [-0.15, -0.1) is 12.4 Å². The molecule has 0 spiro atoms. The van der Waals surface area contributed by atoms with Gasteiger partial charge in [0.05, 0.1) is 26.4 Å². The van der Waals surface area contributed by atoms with E-state index in [2.05, 4.69) is 4.74 Å². The first kappa shape index (κ1) is 19.5. The van der Waals surface area contributed by atoms with Crippen LogP contribution in [-0.4, -0.2) is 32.5 Å². The second kappa shape index (κ2) is 9.41. The summed E-state index contributed by atoms with van der Waals surface area (Å²) in [5.74, 6) is 0.0159. The van der Waals surface area contributed by atoms with E-state index in [1.807, 2.05) is 6.92 Å². The summed E-state index contributed by atoms with van der Waals surface area (Å²) in [6.07, 6.45) is -1.92. The number of alkyl halides is 1. The number of ether oxygens (including phenoxy) is 3. The molecule has 2 atom stereocenters. The molecule has 1 unspecified atom stereocenters. The summed E-state index contributed by atoms with van der Waals surface area (Å²) >= 11 is 0. The number of hydrogen-bond donors (Lipinski definition) is 1. The molecule has 0 fully saturated rings. The van der Waals surface area contributed by atoms with E-state index in [1.54, 1.807) is 25.1 Å². The van der Waals surface area contributed by atoms with E-state index in [0.29, 0.717) is 23.7 Å². The summed E-state index contributed by atoms with van der Waals surface area (Å²) in [5.41, 5.74) is 6.19. The molecule has 2 N–H and O–H groups in total. The van der Waals surface area contributed by atoms with E-state index in [4.69, 9.17) is 15.2 Å². The highest BCUT2D eigenvalue weighted by atomic mass is 35.5. The van der Waals surface area contributed by atoms with Crippen LogP contribution in [0.4, 0.5) is 4.39 Å². The first-order chi connectivity index (χ1) is 9.54. The summed E-state index contributed by atoms with van der Waals surface area (Å²) in [6.45, 7) is 3.98. The highest BCUT2D eigenvalue weighted by Crippen LogP contribution is 2.31. The van der Waals surface area contributed by atoms with Gasteiger partial charge in [0.2, 0.25) is 6.17 Å². The molecule has 1 aromatic carbocycles. The maximum absolute atomic E-state index is 13.9. The molecule has 0 amide bonds. The molecular formula is C14H21ClFNO4. The molecule has 0 heterocycles. The summed E-state index contributed by atoms with van der Waals surface area (Å²) < 4.78 is 29.0. The van der Waals surface area contributed by atoms with Crippen molar-refractivity contribution in [3.05, 3.63) is 23.8 Å². The minimum atomic E-state index is -1.92. The Kier molecular flexibility index (Phi) is 8.73. The lowest BCUT2D eigenvalue weighted by Gasteiger charge is -2.18. The lowest BCUT2D eigenvalue weighted by molar-refractivity contribution is -0.149. The van der Waals surface area contributed by atoms with Gasteiger partial charge in [0.1, 0.15) is 0 Å². The predicted molar refractivity (Wildman–Crippen MR) is 79.9 cm³/mol. The Morgan fingerprint density at radius 3 is 2.48 bits per heavy atom. The van der Waals surface area contributed by atoms with E-state index in [9.17, 15) is 9.18 Å². The highest BCUT2D eigenvalue weighted by molar-refractivity contribution is 5.85. The van der Waals surface area contributed by atoms with Crippen LogP contribution in [0.3, 0.4) is 0 Å². The van der Waals surface area contributed by atoms with E-state index >= 15 is 0 Å². The molecule has 0 saturated heterocycles. The molecule has 0 aliphatic rings. The normalized spacial score (nSPS) is 12.8. The van der Waals surface area contributed by atoms with Crippen LogP contribution in [0.15, 0.2) is 18.2 Å². The number of methoxy groups -OCH3 is 1. The summed E-state index contributed by atoms with van der Waals surface area (Å²) in [7, 11) is 1.51. The molecule has 0 aliphatic heterocycles. The topological polar surface area (TPSA) is 70.8 Å².